The van der Waals surface area contributed by atoms with Crippen molar-refractivity contribution in [3.63, 3.8) is 0 Å². The van der Waals surface area contributed by atoms with Crippen molar-refractivity contribution in [3.8, 4) is 17.2 Å². The molecule has 1 amide bonds. The van der Waals surface area contributed by atoms with Crippen LogP contribution in [-0.4, -0.2) is 92.9 Å². The second-order valence-corrected chi connectivity index (χ2v) is 12.3. The summed E-state index contributed by atoms with van der Waals surface area (Å²) in [6, 6.07) is 2.67. The van der Waals surface area contributed by atoms with E-state index < -0.39 is 108 Å². The number of aromatic hydroxyl groups is 2. The Hall–Kier alpha value is -4.09. The van der Waals surface area contributed by atoms with Gasteiger partial charge in [-0.1, -0.05) is 12.1 Å². The molecule has 0 aromatic heterocycles. The summed E-state index contributed by atoms with van der Waals surface area (Å²) in [6.45, 7) is 5.60. The number of Topliss-reactive ketones (excluding diaryl/α,β-unsaturated/α-hetero) is 1. The summed E-state index contributed by atoms with van der Waals surface area (Å²) < 4.78 is 61.6. The van der Waals surface area contributed by atoms with Crippen molar-refractivity contribution in [2.45, 2.75) is 95.5 Å². The Morgan fingerprint density at radius 2 is 1.77 bits per heavy atom. The normalized spacial score (nSPS) is 26.8. The molecule has 1 heterocycles. The van der Waals surface area contributed by atoms with Gasteiger partial charge in [0.15, 0.2) is 24.6 Å². The first-order valence-corrected chi connectivity index (χ1v) is 15.0. The van der Waals surface area contributed by atoms with E-state index in [0.29, 0.717) is 0 Å². The highest BCUT2D eigenvalue weighted by atomic mass is 19.4. The predicted octanol–water partition coefficient (Wildman–Crippen LogP) is 2.50. The maximum Gasteiger partial charge on any atom is 0.471 e. The molecule has 260 valence electrons. The number of aliphatic hydroxyl groups excluding tert-OH is 1. The Labute approximate surface area is 271 Å². The van der Waals surface area contributed by atoms with Gasteiger partial charge in [0.1, 0.15) is 29.0 Å². The second-order valence-electron chi connectivity index (χ2n) is 12.3. The predicted molar refractivity (Wildman–Crippen MR) is 156 cm³/mol. The number of phenolic OH excluding ortho intramolecular Hbond substituents is 2. The van der Waals surface area contributed by atoms with Crippen LogP contribution in [0.2, 0.25) is 0 Å². The second kappa shape index (κ2) is 12.7. The molecule has 2 aromatic rings. The van der Waals surface area contributed by atoms with E-state index in [1.807, 2.05) is 0 Å². The molecule has 0 bridgehead atoms. The fourth-order valence-electron chi connectivity index (χ4n) is 6.20. The maximum absolute atomic E-state index is 14.0. The van der Waals surface area contributed by atoms with Crippen LogP contribution in [0.4, 0.5) is 13.2 Å². The zero-order chi connectivity index (χ0) is 35.5. The molecular weight excluding hydrogens is 647 g/mol. The third-order valence-electron chi connectivity index (χ3n) is 8.72. The van der Waals surface area contributed by atoms with Crippen molar-refractivity contribution >= 4 is 23.3 Å². The van der Waals surface area contributed by atoms with Gasteiger partial charge in [-0.15, -0.1) is 0 Å². The van der Waals surface area contributed by atoms with Gasteiger partial charge in [-0.05, 0) is 33.8 Å². The van der Waals surface area contributed by atoms with E-state index in [0.717, 1.165) is 6.92 Å². The Kier molecular flexibility index (Phi) is 9.35. The summed E-state index contributed by atoms with van der Waals surface area (Å²) in [6.07, 6.45) is -13.0. The van der Waals surface area contributed by atoms with Crippen molar-refractivity contribution in [2.75, 3.05) is 6.79 Å². The van der Waals surface area contributed by atoms with Gasteiger partial charge in [-0.3, -0.25) is 19.2 Å². The zero-order valence-electron chi connectivity index (χ0n) is 26.2. The number of aliphatic hydroxyl groups is 2. The quantitative estimate of drug-likeness (QED) is 0.172. The van der Waals surface area contributed by atoms with Crippen LogP contribution in [0.5, 0.6) is 17.2 Å². The van der Waals surface area contributed by atoms with Gasteiger partial charge in [0.25, 0.3) is 0 Å². The first-order chi connectivity index (χ1) is 22.4. The minimum absolute atomic E-state index is 0.0392. The number of nitrogens with one attached hydrogen (secondary N) is 1. The Morgan fingerprint density at radius 1 is 1.10 bits per heavy atom. The van der Waals surface area contributed by atoms with E-state index in [2.05, 4.69) is 0 Å². The summed E-state index contributed by atoms with van der Waals surface area (Å²) in [5.41, 5.74) is -4.33. The van der Waals surface area contributed by atoms with Gasteiger partial charge in [-0.2, -0.15) is 13.2 Å². The number of rotatable bonds is 8. The SMILES string of the molecule is CC(=O)[C@]1(O)Cc2c(O)c3c(c(O)c2[C@@H](OC2CC(NC(=O)C(F)(F)F)C(O)C(C)O2)C1)C(=O)c1c(OCOC(C)C)cccc1C3=O. The minimum atomic E-state index is -5.25. The Balaban J connectivity index is 1.58. The molecule has 6 atom stereocenters. The first kappa shape index (κ1) is 35.2. The number of hydrogen-bond donors (Lipinski definition) is 5. The smallest absolute Gasteiger partial charge is 0.471 e. The molecule has 2 aromatic carbocycles. The van der Waals surface area contributed by atoms with Gasteiger partial charge >= 0.3 is 12.1 Å². The maximum atomic E-state index is 14.0. The van der Waals surface area contributed by atoms with Gasteiger partial charge < -0.3 is 44.7 Å². The topological polar surface area (TPSA) is 198 Å². The lowest BCUT2D eigenvalue weighted by atomic mass is 9.72. The van der Waals surface area contributed by atoms with Gasteiger partial charge in [0.05, 0.1) is 41.0 Å². The minimum Gasteiger partial charge on any atom is -0.507 e. The lowest BCUT2D eigenvalue weighted by Crippen LogP contribution is -2.57. The Bertz CT molecular complexity index is 1670. The summed E-state index contributed by atoms with van der Waals surface area (Å²) >= 11 is 0. The average molecular weight is 682 g/mol. The van der Waals surface area contributed by atoms with E-state index in [9.17, 15) is 52.8 Å². The first-order valence-electron chi connectivity index (χ1n) is 15.0. The number of carbonyl (C=O) groups excluding carboxylic acids is 4. The lowest BCUT2D eigenvalue weighted by Gasteiger charge is -2.42. The van der Waals surface area contributed by atoms with Crippen LogP contribution in [0.15, 0.2) is 18.2 Å². The van der Waals surface area contributed by atoms with Crippen molar-refractivity contribution in [3.05, 3.63) is 51.6 Å². The summed E-state index contributed by atoms with van der Waals surface area (Å²) in [7, 11) is 0. The van der Waals surface area contributed by atoms with Crippen molar-refractivity contribution in [2.24, 2.45) is 0 Å². The molecule has 4 unspecified atom stereocenters. The highest BCUT2D eigenvalue weighted by Crippen LogP contribution is 2.52. The van der Waals surface area contributed by atoms with Crippen LogP contribution in [-0.2, 0) is 30.2 Å². The molecular formula is C32H34F3NO12. The van der Waals surface area contributed by atoms with E-state index in [4.69, 9.17) is 18.9 Å². The van der Waals surface area contributed by atoms with Crippen LogP contribution >= 0.6 is 0 Å². The molecule has 1 fully saturated rings. The van der Waals surface area contributed by atoms with E-state index in [-0.39, 0.29) is 40.9 Å². The number of hydrogen-bond acceptors (Lipinski definition) is 12. The summed E-state index contributed by atoms with van der Waals surface area (Å²) in [5, 5.41) is 46.6. The Morgan fingerprint density at radius 3 is 2.40 bits per heavy atom. The van der Waals surface area contributed by atoms with Crippen LogP contribution in [0.1, 0.15) is 89.6 Å². The van der Waals surface area contributed by atoms with Crippen LogP contribution in [0.3, 0.4) is 0 Å². The molecule has 3 aliphatic rings. The van der Waals surface area contributed by atoms with Crippen molar-refractivity contribution in [1.82, 2.24) is 5.32 Å². The lowest BCUT2D eigenvalue weighted by molar-refractivity contribution is -0.250. The largest absolute Gasteiger partial charge is 0.507 e. The molecule has 48 heavy (non-hydrogen) atoms. The average Bonchev–Trinajstić information content (AvgIpc) is 2.99. The van der Waals surface area contributed by atoms with Crippen molar-refractivity contribution < 1.29 is 71.7 Å². The standard InChI is InChI=1S/C32H34F3NO12/c1-12(2)45-11-46-18-7-5-6-15-21(18)28(41)24-23(26(15)39)27(40)16-9-31(44,14(4)37)10-19(22(16)29(24)42)48-20-8-17(25(38)13(3)47-20)36-30(43)32(33,34)35/h5-7,12-13,17,19-20,25,38,40,42,44H,8-11H2,1-4H3,(H,36,43)/t13?,17?,19-,20?,25?,31-/m0/s1. The molecule has 0 saturated carbocycles. The number of ketones is 3. The fourth-order valence-corrected chi connectivity index (χ4v) is 6.20. The van der Waals surface area contributed by atoms with E-state index in [1.165, 1.54) is 25.1 Å². The number of carbonyl (C=O) groups is 4. The van der Waals surface area contributed by atoms with Crippen LogP contribution in [0.25, 0.3) is 0 Å². The third-order valence-corrected chi connectivity index (χ3v) is 8.72. The van der Waals surface area contributed by atoms with Crippen LogP contribution < -0.4 is 10.1 Å². The highest BCUT2D eigenvalue weighted by Gasteiger charge is 2.50. The molecule has 5 rings (SSSR count). The zero-order valence-corrected chi connectivity index (χ0v) is 26.2. The van der Waals surface area contributed by atoms with Crippen molar-refractivity contribution in [1.29, 1.82) is 0 Å². The molecule has 1 saturated heterocycles. The molecule has 16 heteroatoms. The number of halogens is 3. The van der Waals surface area contributed by atoms with E-state index in [1.54, 1.807) is 19.2 Å². The number of fused-ring (bicyclic) bond motifs is 3. The van der Waals surface area contributed by atoms with Gasteiger partial charge in [-0.25, -0.2) is 0 Å². The number of alkyl halides is 3. The molecule has 2 aliphatic carbocycles. The monoisotopic (exact) mass is 681 g/mol. The number of amides is 1. The summed E-state index contributed by atoms with van der Waals surface area (Å²) in [4.78, 5) is 52.1. The molecule has 1 aliphatic heterocycles. The number of ether oxygens (including phenoxy) is 4. The van der Waals surface area contributed by atoms with Crippen LogP contribution in [0, 0.1) is 0 Å². The molecule has 0 spiro atoms. The van der Waals surface area contributed by atoms with Gasteiger partial charge in [0, 0.05) is 36.0 Å². The fraction of sp³-hybridized carbons (Fsp3) is 0.500. The van der Waals surface area contributed by atoms with Gasteiger partial charge in [0.2, 0.25) is 5.78 Å². The summed E-state index contributed by atoms with van der Waals surface area (Å²) in [5.74, 6) is -6.50. The number of phenols is 2. The molecule has 0 radical (unpaired) electrons. The number of benzene rings is 2. The highest BCUT2D eigenvalue weighted by molar-refractivity contribution is 6.31. The molecule has 13 nitrogen and oxygen atoms in total. The van der Waals surface area contributed by atoms with E-state index >= 15 is 0 Å². The molecule has 5 N–H and O–H groups in total. The third kappa shape index (κ3) is 6.25.